The molecular weight excluding hydrogens is 300 g/mol. The van der Waals surface area contributed by atoms with Gasteiger partial charge in [0.15, 0.2) is 0 Å². The summed E-state index contributed by atoms with van der Waals surface area (Å²) in [4.78, 5) is 10.5. The van der Waals surface area contributed by atoms with Gasteiger partial charge in [-0.15, -0.1) is 0 Å². The van der Waals surface area contributed by atoms with E-state index in [-0.39, 0.29) is 11.3 Å². The minimum absolute atomic E-state index is 0.0606. The van der Waals surface area contributed by atoms with E-state index in [1.807, 2.05) is 20.8 Å². The first-order chi connectivity index (χ1) is 8.35. The van der Waals surface area contributed by atoms with E-state index in [0.717, 1.165) is 4.47 Å². The molecule has 0 atom stereocenters. The molecule has 18 heavy (non-hydrogen) atoms. The van der Waals surface area contributed by atoms with Crippen LogP contribution in [0, 0.1) is 10.1 Å². The highest BCUT2D eigenvalue weighted by Crippen LogP contribution is 2.28. The van der Waals surface area contributed by atoms with E-state index in [9.17, 15) is 10.1 Å². The highest BCUT2D eigenvalue weighted by molar-refractivity contribution is 9.10. The standard InChI is InChI=1S/C12H17BrN2O3/c1-4-18-12(2,3)8-14-10-7-9(13)5-6-11(10)15(16)17/h5-7,14H,4,8H2,1-3H3. The molecule has 0 bridgehead atoms. The quantitative estimate of drug-likeness (QED) is 0.643. The Morgan fingerprint density at radius 2 is 2.17 bits per heavy atom. The minimum Gasteiger partial charge on any atom is -0.377 e. The average molecular weight is 317 g/mol. The molecule has 0 unspecified atom stereocenters. The lowest BCUT2D eigenvalue weighted by Gasteiger charge is -2.25. The summed E-state index contributed by atoms with van der Waals surface area (Å²) in [7, 11) is 0. The van der Waals surface area contributed by atoms with Gasteiger partial charge in [-0.1, -0.05) is 15.9 Å². The molecule has 1 N–H and O–H groups in total. The van der Waals surface area contributed by atoms with Gasteiger partial charge in [-0.3, -0.25) is 10.1 Å². The van der Waals surface area contributed by atoms with Gasteiger partial charge in [0, 0.05) is 23.7 Å². The lowest BCUT2D eigenvalue weighted by molar-refractivity contribution is -0.384. The molecule has 0 aliphatic rings. The van der Waals surface area contributed by atoms with Crippen molar-refractivity contribution in [2.75, 3.05) is 18.5 Å². The number of ether oxygens (including phenoxy) is 1. The van der Waals surface area contributed by atoms with Gasteiger partial charge in [0.25, 0.3) is 5.69 Å². The maximum absolute atomic E-state index is 10.9. The molecule has 0 spiro atoms. The van der Waals surface area contributed by atoms with Crippen molar-refractivity contribution in [3.63, 3.8) is 0 Å². The lowest BCUT2D eigenvalue weighted by Crippen LogP contribution is -2.33. The van der Waals surface area contributed by atoms with Crippen molar-refractivity contribution in [2.24, 2.45) is 0 Å². The molecule has 6 heteroatoms. The first kappa shape index (κ1) is 14.9. The smallest absolute Gasteiger partial charge is 0.292 e. The van der Waals surface area contributed by atoms with E-state index in [4.69, 9.17) is 4.74 Å². The number of anilines is 1. The van der Waals surface area contributed by atoms with Gasteiger partial charge in [0.05, 0.1) is 10.5 Å². The number of nitro groups is 1. The fraction of sp³-hybridized carbons (Fsp3) is 0.500. The summed E-state index contributed by atoms with van der Waals surface area (Å²) >= 11 is 3.30. The largest absolute Gasteiger partial charge is 0.377 e. The van der Waals surface area contributed by atoms with Crippen LogP contribution in [0.3, 0.4) is 0 Å². The number of nitrogens with zero attached hydrogens (tertiary/aromatic N) is 1. The van der Waals surface area contributed by atoms with Crippen LogP contribution in [0.2, 0.25) is 0 Å². The molecule has 100 valence electrons. The summed E-state index contributed by atoms with van der Waals surface area (Å²) < 4.78 is 6.33. The van der Waals surface area contributed by atoms with Gasteiger partial charge in [-0.2, -0.15) is 0 Å². The SMILES string of the molecule is CCOC(C)(C)CNc1cc(Br)ccc1[N+](=O)[O-]. The van der Waals surface area contributed by atoms with Crippen LogP contribution >= 0.6 is 15.9 Å². The Balaban J connectivity index is 2.83. The van der Waals surface area contributed by atoms with Crippen LogP contribution in [-0.4, -0.2) is 23.7 Å². The summed E-state index contributed by atoms with van der Waals surface area (Å²) in [6.45, 7) is 6.90. The normalized spacial score (nSPS) is 11.3. The van der Waals surface area contributed by atoms with E-state index < -0.39 is 4.92 Å². The van der Waals surface area contributed by atoms with Crippen molar-refractivity contribution >= 4 is 27.3 Å². The maximum Gasteiger partial charge on any atom is 0.292 e. The zero-order chi connectivity index (χ0) is 13.8. The highest BCUT2D eigenvalue weighted by Gasteiger charge is 2.20. The molecule has 0 aromatic heterocycles. The number of hydrogen-bond donors (Lipinski definition) is 1. The summed E-state index contributed by atoms with van der Waals surface area (Å²) in [6, 6.07) is 4.82. The molecule has 5 nitrogen and oxygen atoms in total. The second-order valence-electron chi connectivity index (χ2n) is 4.46. The Morgan fingerprint density at radius 3 is 2.72 bits per heavy atom. The fourth-order valence-corrected chi connectivity index (χ4v) is 1.92. The molecule has 0 aliphatic heterocycles. The molecule has 0 amide bonds. The molecule has 0 saturated heterocycles. The van der Waals surface area contributed by atoms with Crippen LogP contribution in [0.4, 0.5) is 11.4 Å². The molecule has 1 aromatic carbocycles. The number of hydrogen-bond acceptors (Lipinski definition) is 4. The Kier molecular flexibility index (Phi) is 5.10. The predicted molar refractivity (Wildman–Crippen MR) is 75.0 cm³/mol. The summed E-state index contributed by atoms with van der Waals surface area (Å²) in [5.74, 6) is 0. The Hall–Kier alpha value is -1.14. The summed E-state index contributed by atoms with van der Waals surface area (Å²) in [5, 5.41) is 14.0. The number of nitrogens with one attached hydrogen (secondary N) is 1. The second kappa shape index (κ2) is 6.15. The van der Waals surface area contributed by atoms with Crippen molar-refractivity contribution in [3.8, 4) is 0 Å². The minimum atomic E-state index is -0.400. The predicted octanol–water partition coefficient (Wildman–Crippen LogP) is 3.58. The van der Waals surface area contributed by atoms with Crippen molar-refractivity contribution in [1.82, 2.24) is 0 Å². The molecule has 0 fully saturated rings. The van der Waals surface area contributed by atoms with Gasteiger partial charge in [0.1, 0.15) is 5.69 Å². The van der Waals surface area contributed by atoms with Crippen LogP contribution < -0.4 is 5.32 Å². The average Bonchev–Trinajstić information content (AvgIpc) is 2.26. The molecular formula is C12H17BrN2O3. The third-order valence-electron chi connectivity index (χ3n) is 2.39. The van der Waals surface area contributed by atoms with Gasteiger partial charge >= 0.3 is 0 Å². The zero-order valence-corrected chi connectivity index (χ0v) is 12.3. The monoisotopic (exact) mass is 316 g/mol. The van der Waals surface area contributed by atoms with Crippen LogP contribution in [0.15, 0.2) is 22.7 Å². The van der Waals surface area contributed by atoms with Gasteiger partial charge in [-0.25, -0.2) is 0 Å². The van der Waals surface area contributed by atoms with Gasteiger partial charge in [-0.05, 0) is 32.9 Å². The number of halogens is 1. The zero-order valence-electron chi connectivity index (χ0n) is 10.7. The highest BCUT2D eigenvalue weighted by atomic mass is 79.9. The Labute approximate surface area is 115 Å². The topological polar surface area (TPSA) is 64.4 Å². The van der Waals surface area contributed by atoms with E-state index in [1.165, 1.54) is 6.07 Å². The van der Waals surface area contributed by atoms with Crippen molar-refractivity contribution < 1.29 is 9.66 Å². The molecule has 0 heterocycles. The van der Waals surface area contributed by atoms with E-state index >= 15 is 0 Å². The fourth-order valence-electron chi connectivity index (χ4n) is 1.56. The first-order valence-electron chi connectivity index (χ1n) is 5.67. The van der Waals surface area contributed by atoms with Gasteiger partial charge < -0.3 is 10.1 Å². The number of benzene rings is 1. The Morgan fingerprint density at radius 1 is 1.50 bits per heavy atom. The summed E-state index contributed by atoms with van der Waals surface area (Å²) in [5.41, 5.74) is 0.179. The maximum atomic E-state index is 10.9. The molecule has 0 radical (unpaired) electrons. The Bertz CT molecular complexity index is 435. The molecule has 1 rings (SSSR count). The molecule has 0 saturated carbocycles. The third kappa shape index (κ3) is 4.27. The molecule has 0 aliphatic carbocycles. The van der Waals surface area contributed by atoms with Crippen molar-refractivity contribution in [3.05, 3.63) is 32.8 Å². The third-order valence-corrected chi connectivity index (χ3v) is 2.89. The second-order valence-corrected chi connectivity index (χ2v) is 5.38. The first-order valence-corrected chi connectivity index (χ1v) is 6.47. The van der Waals surface area contributed by atoms with E-state index in [1.54, 1.807) is 12.1 Å². The summed E-state index contributed by atoms with van der Waals surface area (Å²) in [6.07, 6.45) is 0. The van der Waals surface area contributed by atoms with Crippen molar-refractivity contribution in [1.29, 1.82) is 0 Å². The van der Waals surface area contributed by atoms with Crippen LogP contribution in [0.5, 0.6) is 0 Å². The number of nitro benzene ring substituents is 1. The van der Waals surface area contributed by atoms with Crippen molar-refractivity contribution in [2.45, 2.75) is 26.4 Å². The van der Waals surface area contributed by atoms with Crippen LogP contribution in [0.1, 0.15) is 20.8 Å². The van der Waals surface area contributed by atoms with E-state index in [0.29, 0.717) is 18.8 Å². The van der Waals surface area contributed by atoms with Crippen LogP contribution in [0.25, 0.3) is 0 Å². The number of rotatable bonds is 6. The molecule has 1 aromatic rings. The van der Waals surface area contributed by atoms with E-state index in [2.05, 4.69) is 21.2 Å². The lowest BCUT2D eigenvalue weighted by atomic mass is 10.1. The van der Waals surface area contributed by atoms with Gasteiger partial charge in [0.2, 0.25) is 0 Å². The van der Waals surface area contributed by atoms with Crippen LogP contribution in [-0.2, 0) is 4.74 Å².